The molecule has 26 heavy (non-hydrogen) atoms. The highest BCUT2D eigenvalue weighted by Gasteiger charge is 2.24. The Labute approximate surface area is 179 Å². The summed E-state index contributed by atoms with van der Waals surface area (Å²) in [7, 11) is 1.77. The maximum absolute atomic E-state index is 5.62. The van der Waals surface area contributed by atoms with Gasteiger partial charge in [-0.1, -0.05) is 34.6 Å². The topological polar surface area (TPSA) is 48.9 Å². The van der Waals surface area contributed by atoms with Crippen LogP contribution in [-0.2, 0) is 4.74 Å². The van der Waals surface area contributed by atoms with Crippen LogP contribution in [0.25, 0.3) is 0 Å². The summed E-state index contributed by atoms with van der Waals surface area (Å²) in [4.78, 5) is 7.37. The standard InChI is InChI=1S/C20H42N4O.HI/c1-8-21-19(23-13-18(25-7)20(4,5)6)22-12-17-10-9-11-24(15-17)14-16(2)3;/h16-18H,8-15H2,1-7H3,(H2,21,22,23);1H. The molecule has 0 bridgehead atoms. The van der Waals surface area contributed by atoms with Gasteiger partial charge in [-0.2, -0.15) is 0 Å². The second-order valence-electron chi connectivity index (χ2n) is 8.85. The third-order valence-corrected chi connectivity index (χ3v) is 4.79. The highest BCUT2D eigenvalue weighted by atomic mass is 127. The van der Waals surface area contributed by atoms with Gasteiger partial charge in [0.25, 0.3) is 0 Å². The molecule has 0 radical (unpaired) electrons. The van der Waals surface area contributed by atoms with Crippen LogP contribution in [0.1, 0.15) is 54.4 Å². The Hall–Kier alpha value is -0.0800. The van der Waals surface area contributed by atoms with Gasteiger partial charge >= 0.3 is 0 Å². The van der Waals surface area contributed by atoms with Crippen molar-refractivity contribution in [1.29, 1.82) is 0 Å². The summed E-state index contributed by atoms with van der Waals surface area (Å²) >= 11 is 0. The first-order valence-electron chi connectivity index (χ1n) is 10.0. The maximum atomic E-state index is 5.62. The Balaban J connectivity index is 0.00000625. The van der Waals surface area contributed by atoms with Gasteiger partial charge in [-0.3, -0.25) is 4.99 Å². The Morgan fingerprint density at radius 1 is 1.27 bits per heavy atom. The van der Waals surface area contributed by atoms with Crippen molar-refractivity contribution in [2.45, 2.75) is 60.5 Å². The summed E-state index contributed by atoms with van der Waals surface area (Å²) in [6, 6.07) is 0. The predicted molar refractivity (Wildman–Crippen MR) is 124 cm³/mol. The Morgan fingerprint density at radius 2 is 1.96 bits per heavy atom. The number of guanidine groups is 1. The summed E-state index contributed by atoms with van der Waals surface area (Å²) in [5.41, 5.74) is 0.0935. The number of nitrogens with one attached hydrogen (secondary N) is 2. The lowest BCUT2D eigenvalue weighted by atomic mass is 9.89. The molecule has 0 aromatic rings. The molecule has 1 saturated heterocycles. The average Bonchev–Trinajstić information content (AvgIpc) is 2.51. The number of methoxy groups -OCH3 is 1. The molecule has 2 unspecified atom stereocenters. The van der Waals surface area contributed by atoms with E-state index < -0.39 is 0 Å². The zero-order valence-electron chi connectivity index (χ0n) is 18.1. The maximum Gasteiger partial charge on any atom is 0.191 e. The third kappa shape index (κ3) is 10.3. The molecule has 0 aliphatic carbocycles. The lowest BCUT2D eigenvalue weighted by molar-refractivity contribution is 0.0241. The second kappa shape index (κ2) is 13.2. The molecule has 1 aliphatic rings. The Kier molecular flexibility index (Phi) is 13.1. The van der Waals surface area contributed by atoms with E-state index in [9.17, 15) is 0 Å². The second-order valence-corrected chi connectivity index (χ2v) is 8.85. The molecular weight excluding hydrogens is 439 g/mol. The molecule has 0 spiro atoms. The summed E-state index contributed by atoms with van der Waals surface area (Å²) in [5, 5.41) is 6.92. The summed E-state index contributed by atoms with van der Waals surface area (Å²) in [6.45, 7) is 19.5. The summed E-state index contributed by atoms with van der Waals surface area (Å²) in [6.07, 6.45) is 2.74. The zero-order valence-corrected chi connectivity index (χ0v) is 20.4. The van der Waals surface area contributed by atoms with Gasteiger partial charge in [0.05, 0.1) is 12.6 Å². The highest BCUT2D eigenvalue weighted by Crippen LogP contribution is 2.22. The molecule has 0 saturated carbocycles. The number of halogens is 1. The van der Waals surface area contributed by atoms with Crippen LogP contribution in [-0.4, -0.2) is 63.3 Å². The number of rotatable bonds is 8. The van der Waals surface area contributed by atoms with Crippen molar-refractivity contribution in [3.05, 3.63) is 0 Å². The first-order valence-corrected chi connectivity index (χ1v) is 10.0. The van der Waals surface area contributed by atoms with E-state index in [2.05, 4.69) is 57.1 Å². The molecule has 0 aromatic heterocycles. The molecule has 156 valence electrons. The number of nitrogens with zero attached hydrogens (tertiary/aromatic N) is 2. The molecule has 1 aliphatic heterocycles. The van der Waals surface area contributed by atoms with Crippen LogP contribution in [0.2, 0.25) is 0 Å². The molecular formula is C20H43IN4O. The Morgan fingerprint density at radius 3 is 2.50 bits per heavy atom. The summed E-state index contributed by atoms with van der Waals surface area (Å²) in [5.74, 6) is 2.36. The fraction of sp³-hybridized carbons (Fsp3) is 0.950. The quantitative estimate of drug-likeness (QED) is 0.316. The van der Waals surface area contributed by atoms with E-state index in [1.165, 1.54) is 32.5 Å². The molecule has 6 heteroatoms. The molecule has 1 heterocycles. The van der Waals surface area contributed by atoms with Gasteiger partial charge in [0.15, 0.2) is 5.96 Å². The minimum Gasteiger partial charge on any atom is -0.379 e. The van der Waals surface area contributed by atoms with Crippen LogP contribution in [0, 0.1) is 17.3 Å². The van der Waals surface area contributed by atoms with Gasteiger partial charge in [0.2, 0.25) is 0 Å². The van der Waals surface area contributed by atoms with E-state index in [0.29, 0.717) is 12.5 Å². The lowest BCUT2D eigenvalue weighted by Gasteiger charge is -2.34. The zero-order chi connectivity index (χ0) is 18.9. The van der Waals surface area contributed by atoms with Crippen LogP contribution in [0.3, 0.4) is 0 Å². The van der Waals surface area contributed by atoms with Crippen molar-refractivity contribution in [2.75, 3.05) is 46.4 Å². The molecule has 2 N–H and O–H groups in total. The first kappa shape index (κ1) is 25.9. The molecule has 1 rings (SSSR count). The summed E-state index contributed by atoms with van der Waals surface area (Å²) < 4.78 is 5.62. The van der Waals surface area contributed by atoms with Gasteiger partial charge in [0, 0.05) is 33.3 Å². The van der Waals surface area contributed by atoms with E-state index in [1.807, 2.05) is 0 Å². The number of piperidine rings is 1. The monoisotopic (exact) mass is 482 g/mol. The van der Waals surface area contributed by atoms with Gasteiger partial charge in [-0.05, 0) is 43.6 Å². The highest BCUT2D eigenvalue weighted by molar-refractivity contribution is 14.0. The first-order chi connectivity index (χ1) is 11.8. The van der Waals surface area contributed by atoms with Crippen molar-refractivity contribution in [3.63, 3.8) is 0 Å². The van der Waals surface area contributed by atoms with Gasteiger partial charge < -0.3 is 20.3 Å². The van der Waals surface area contributed by atoms with Gasteiger partial charge in [0.1, 0.15) is 0 Å². The normalized spacial score (nSPS) is 20.6. The Bertz CT molecular complexity index is 396. The van der Waals surface area contributed by atoms with Crippen LogP contribution < -0.4 is 10.6 Å². The van der Waals surface area contributed by atoms with Crippen LogP contribution in [0.15, 0.2) is 4.99 Å². The third-order valence-electron chi connectivity index (χ3n) is 4.79. The SMILES string of the molecule is CCNC(=NCC(OC)C(C)(C)C)NCC1CCCN(CC(C)C)C1.I. The van der Waals surface area contributed by atoms with Crippen molar-refractivity contribution >= 4 is 29.9 Å². The minimum absolute atomic E-state index is 0. The van der Waals surface area contributed by atoms with Crippen molar-refractivity contribution in [3.8, 4) is 0 Å². The predicted octanol–water partition coefficient (Wildman–Crippen LogP) is 3.59. The van der Waals surface area contributed by atoms with Crippen molar-refractivity contribution in [2.24, 2.45) is 22.2 Å². The molecule has 0 amide bonds. The number of ether oxygens (including phenoxy) is 1. The fourth-order valence-electron chi connectivity index (χ4n) is 3.46. The number of likely N-dealkylation sites (tertiary alicyclic amines) is 1. The number of hydrogen-bond donors (Lipinski definition) is 2. The largest absolute Gasteiger partial charge is 0.379 e. The van der Waals surface area contributed by atoms with Gasteiger partial charge in [-0.25, -0.2) is 0 Å². The average molecular weight is 482 g/mol. The molecule has 2 atom stereocenters. The fourth-order valence-corrected chi connectivity index (χ4v) is 3.46. The van der Waals surface area contributed by atoms with E-state index in [4.69, 9.17) is 9.73 Å². The molecule has 1 fully saturated rings. The lowest BCUT2D eigenvalue weighted by Crippen LogP contribution is -2.45. The van der Waals surface area contributed by atoms with Crippen molar-refractivity contribution < 1.29 is 4.74 Å². The van der Waals surface area contributed by atoms with E-state index in [1.54, 1.807) is 7.11 Å². The minimum atomic E-state index is 0. The number of aliphatic imine (C=N–C) groups is 1. The van der Waals surface area contributed by atoms with Crippen molar-refractivity contribution in [1.82, 2.24) is 15.5 Å². The smallest absolute Gasteiger partial charge is 0.191 e. The van der Waals surface area contributed by atoms with Crippen LogP contribution >= 0.6 is 24.0 Å². The van der Waals surface area contributed by atoms with Crippen LogP contribution in [0.5, 0.6) is 0 Å². The van der Waals surface area contributed by atoms with E-state index in [0.717, 1.165) is 25.0 Å². The van der Waals surface area contributed by atoms with Crippen LogP contribution in [0.4, 0.5) is 0 Å². The van der Waals surface area contributed by atoms with E-state index >= 15 is 0 Å². The number of hydrogen-bond acceptors (Lipinski definition) is 3. The van der Waals surface area contributed by atoms with E-state index in [-0.39, 0.29) is 35.5 Å². The van der Waals surface area contributed by atoms with Gasteiger partial charge in [-0.15, -0.1) is 24.0 Å². The molecule has 0 aromatic carbocycles. The molecule has 5 nitrogen and oxygen atoms in total.